The van der Waals surface area contributed by atoms with Crippen molar-refractivity contribution < 1.29 is 37.0 Å². The maximum Gasteiger partial charge on any atom is 0.431 e. The number of hydrogen-bond acceptors (Lipinski definition) is 7. The second-order valence-electron chi connectivity index (χ2n) is 7.20. The molecular formula is C21H27F3N2O5. The maximum atomic E-state index is 14.0. The third-order valence-electron chi connectivity index (χ3n) is 5.24. The highest BCUT2D eigenvalue weighted by Gasteiger charge is 2.44. The standard InChI is InChI=1S/C21H27F3N2O5/c1-29-13-15-10-7-11-26(15)25-17(21(22,23)24)12-16(14-8-5-4-6-9-14)18(19(27)30-2)20(28)31-3/h4-6,8-9,15-16,18H,7,10-13H2,1-3H3/b25-17-/t15-,16+/m0/s1. The molecule has 7 nitrogen and oxygen atoms in total. The lowest BCUT2D eigenvalue weighted by molar-refractivity contribution is -0.160. The minimum atomic E-state index is -4.76. The molecule has 1 fully saturated rings. The topological polar surface area (TPSA) is 77.4 Å². The fraction of sp³-hybridized carbons (Fsp3) is 0.571. The lowest BCUT2D eigenvalue weighted by Gasteiger charge is -2.27. The monoisotopic (exact) mass is 444 g/mol. The van der Waals surface area contributed by atoms with Crippen LogP contribution in [0.3, 0.4) is 0 Å². The van der Waals surface area contributed by atoms with Gasteiger partial charge < -0.3 is 14.2 Å². The molecule has 0 radical (unpaired) electrons. The molecule has 0 bridgehead atoms. The minimum absolute atomic E-state index is 0.254. The Bertz CT molecular complexity index is 754. The number of methoxy groups -OCH3 is 3. The van der Waals surface area contributed by atoms with Gasteiger partial charge in [-0.3, -0.25) is 14.6 Å². The lowest BCUT2D eigenvalue weighted by atomic mass is 9.82. The molecule has 0 aromatic heterocycles. The van der Waals surface area contributed by atoms with Crippen LogP contribution in [0.4, 0.5) is 13.2 Å². The van der Waals surface area contributed by atoms with Gasteiger partial charge in [-0.25, -0.2) is 0 Å². The molecule has 1 aliphatic heterocycles. The molecule has 0 unspecified atom stereocenters. The van der Waals surface area contributed by atoms with Gasteiger partial charge in [0.05, 0.1) is 26.9 Å². The van der Waals surface area contributed by atoms with Gasteiger partial charge in [0.2, 0.25) is 0 Å². The van der Waals surface area contributed by atoms with Gasteiger partial charge in [0.15, 0.2) is 5.92 Å². The smallest absolute Gasteiger partial charge is 0.431 e. The van der Waals surface area contributed by atoms with Crippen molar-refractivity contribution in [3.63, 3.8) is 0 Å². The second kappa shape index (κ2) is 11.1. The Hall–Kier alpha value is -2.62. The number of nitrogens with zero attached hydrogens (tertiary/aromatic N) is 2. The highest BCUT2D eigenvalue weighted by Crippen LogP contribution is 2.35. The summed E-state index contributed by atoms with van der Waals surface area (Å²) in [6.45, 7) is 0.616. The Morgan fingerprint density at radius 3 is 2.26 bits per heavy atom. The predicted molar refractivity (Wildman–Crippen MR) is 106 cm³/mol. The van der Waals surface area contributed by atoms with Crippen LogP contribution in [-0.2, 0) is 23.8 Å². The van der Waals surface area contributed by atoms with Crippen molar-refractivity contribution in [2.45, 2.75) is 37.4 Å². The van der Waals surface area contributed by atoms with Crippen molar-refractivity contribution in [2.75, 3.05) is 34.5 Å². The first-order valence-corrected chi connectivity index (χ1v) is 9.83. The van der Waals surface area contributed by atoms with Gasteiger partial charge in [0.1, 0.15) is 5.71 Å². The number of halogens is 3. The molecule has 1 aliphatic rings. The van der Waals surface area contributed by atoms with Gasteiger partial charge in [-0.2, -0.15) is 18.3 Å². The normalized spacial score (nSPS) is 18.2. The molecule has 2 atom stereocenters. The molecule has 0 amide bonds. The Morgan fingerprint density at radius 1 is 1.13 bits per heavy atom. The average Bonchev–Trinajstić information content (AvgIpc) is 3.19. The largest absolute Gasteiger partial charge is 0.468 e. The first-order valence-electron chi connectivity index (χ1n) is 9.83. The van der Waals surface area contributed by atoms with Crippen LogP contribution in [-0.4, -0.2) is 69.4 Å². The molecule has 2 rings (SSSR count). The number of hydrazone groups is 1. The van der Waals surface area contributed by atoms with Crippen LogP contribution in [0.15, 0.2) is 35.4 Å². The number of ether oxygens (including phenoxy) is 3. The zero-order chi connectivity index (χ0) is 23.0. The first kappa shape index (κ1) is 24.6. The van der Waals surface area contributed by atoms with E-state index in [1.807, 2.05) is 0 Å². The van der Waals surface area contributed by atoms with E-state index in [2.05, 4.69) is 5.10 Å². The van der Waals surface area contributed by atoms with Gasteiger partial charge in [-0.15, -0.1) is 0 Å². The van der Waals surface area contributed by atoms with E-state index in [0.717, 1.165) is 14.2 Å². The molecule has 1 saturated heterocycles. The summed E-state index contributed by atoms with van der Waals surface area (Å²) in [4.78, 5) is 24.7. The van der Waals surface area contributed by atoms with Crippen LogP contribution in [0.1, 0.15) is 30.7 Å². The van der Waals surface area contributed by atoms with E-state index in [1.165, 1.54) is 12.1 Å². The van der Waals surface area contributed by atoms with Crippen LogP contribution >= 0.6 is 0 Å². The zero-order valence-corrected chi connectivity index (χ0v) is 17.7. The van der Waals surface area contributed by atoms with E-state index < -0.39 is 42.1 Å². The molecule has 0 aliphatic carbocycles. The third-order valence-corrected chi connectivity index (χ3v) is 5.24. The summed E-state index contributed by atoms with van der Waals surface area (Å²) in [5.74, 6) is -4.69. The predicted octanol–water partition coefficient (Wildman–Crippen LogP) is 3.15. The lowest BCUT2D eigenvalue weighted by Crippen LogP contribution is -2.37. The van der Waals surface area contributed by atoms with Crippen molar-refractivity contribution in [3.8, 4) is 0 Å². The SMILES string of the molecule is COC[C@@H]1CCCN1/N=C(/C[C@H](c1ccccc1)C(C(=O)OC)C(=O)OC)C(F)(F)F. The van der Waals surface area contributed by atoms with Crippen LogP contribution in [0.2, 0.25) is 0 Å². The van der Waals surface area contributed by atoms with Gasteiger partial charge in [-0.05, 0) is 18.4 Å². The van der Waals surface area contributed by atoms with Crippen LogP contribution < -0.4 is 0 Å². The molecular weight excluding hydrogens is 417 g/mol. The van der Waals surface area contributed by atoms with Gasteiger partial charge >= 0.3 is 18.1 Å². The van der Waals surface area contributed by atoms with Crippen molar-refractivity contribution in [1.82, 2.24) is 5.01 Å². The number of alkyl halides is 3. The Kier molecular flexibility index (Phi) is 8.85. The molecule has 1 aromatic rings. The fourth-order valence-corrected chi connectivity index (χ4v) is 3.70. The number of carbonyl (C=O) groups is 2. The van der Waals surface area contributed by atoms with E-state index in [4.69, 9.17) is 14.2 Å². The average molecular weight is 444 g/mol. The summed E-state index contributed by atoms with van der Waals surface area (Å²) < 4.78 is 56.4. The van der Waals surface area contributed by atoms with Crippen molar-refractivity contribution >= 4 is 17.7 Å². The molecule has 172 valence electrons. The van der Waals surface area contributed by atoms with E-state index >= 15 is 0 Å². The zero-order valence-electron chi connectivity index (χ0n) is 17.7. The summed E-state index contributed by atoms with van der Waals surface area (Å²) in [5.41, 5.74) is -0.711. The number of hydrogen-bond donors (Lipinski definition) is 0. The van der Waals surface area contributed by atoms with Crippen LogP contribution in [0.25, 0.3) is 0 Å². The number of rotatable bonds is 9. The Morgan fingerprint density at radius 2 is 1.74 bits per heavy atom. The quantitative estimate of drug-likeness (QED) is 0.331. The summed E-state index contributed by atoms with van der Waals surface area (Å²) in [6, 6.07) is 7.77. The number of esters is 2. The molecule has 31 heavy (non-hydrogen) atoms. The molecule has 0 spiro atoms. The van der Waals surface area contributed by atoms with Gasteiger partial charge in [-0.1, -0.05) is 30.3 Å². The molecule has 1 heterocycles. The third kappa shape index (κ3) is 6.43. The first-order chi connectivity index (χ1) is 14.7. The van der Waals surface area contributed by atoms with Crippen LogP contribution in [0, 0.1) is 5.92 Å². The Labute approximate surface area is 179 Å². The highest BCUT2D eigenvalue weighted by atomic mass is 19.4. The number of carbonyl (C=O) groups excluding carboxylic acids is 2. The highest BCUT2D eigenvalue weighted by molar-refractivity contribution is 5.98. The summed E-state index contributed by atoms with van der Waals surface area (Å²) in [5, 5.41) is 5.28. The molecule has 0 saturated carbocycles. The van der Waals surface area contributed by atoms with Crippen molar-refractivity contribution in [1.29, 1.82) is 0 Å². The number of benzene rings is 1. The van der Waals surface area contributed by atoms with Gasteiger partial charge in [0.25, 0.3) is 0 Å². The van der Waals surface area contributed by atoms with Crippen LogP contribution in [0.5, 0.6) is 0 Å². The summed E-state index contributed by atoms with van der Waals surface area (Å²) in [6.07, 6.45) is -4.10. The van der Waals surface area contributed by atoms with E-state index in [9.17, 15) is 22.8 Å². The van der Waals surface area contributed by atoms with E-state index in [-0.39, 0.29) is 12.6 Å². The van der Waals surface area contributed by atoms with E-state index in [1.54, 1.807) is 30.3 Å². The second-order valence-corrected chi connectivity index (χ2v) is 7.20. The molecule has 1 aromatic carbocycles. The van der Waals surface area contributed by atoms with Crippen molar-refractivity contribution in [2.24, 2.45) is 11.0 Å². The minimum Gasteiger partial charge on any atom is -0.468 e. The van der Waals surface area contributed by atoms with Gasteiger partial charge in [0, 0.05) is 26.0 Å². The molecule has 10 heteroatoms. The van der Waals surface area contributed by atoms with Crippen molar-refractivity contribution in [3.05, 3.63) is 35.9 Å². The van der Waals surface area contributed by atoms with E-state index in [0.29, 0.717) is 24.9 Å². The fourth-order valence-electron chi connectivity index (χ4n) is 3.70. The summed E-state index contributed by atoms with van der Waals surface area (Å²) in [7, 11) is 3.62. The maximum absolute atomic E-state index is 14.0. The Balaban J connectivity index is 2.49. The summed E-state index contributed by atoms with van der Waals surface area (Å²) >= 11 is 0. The molecule has 0 N–H and O–H groups in total.